The molecule has 1 amide bonds. The number of benzene rings is 1. The number of rotatable bonds is 6. The smallest absolute Gasteiger partial charge is 0.303 e. The van der Waals surface area contributed by atoms with E-state index in [-0.39, 0.29) is 30.2 Å². The van der Waals surface area contributed by atoms with Gasteiger partial charge in [-0.15, -0.1) is 0 Å². The molecule has 4 saturated carbocycles. The van der Waals surface area contributed by atoms with Gasteiger partial charge in [-0.1, -0.05) is 23.8 Å². The third-order valence-corrected chi connectivity index (χ3v) is 7.55. The normalized spacial score (nSPS) is 33.0. The Kier molecular flexibility index (Phi) is 4.99. The lowest BCUT2D eigenvalue weighted by molar-refractivity contribution is -0.137. The Morgan fingerprint density at radius 3 is 2.41 bits per heavy atom. The summed E-state index contributed by atoms with van der Waals surface area (Å²) < 4.78 is 15.0. The fourth-order valence-electron chi connectivity index (χ4n) is 6.24. The monoisotopic (exact) mass is 401 g/mol. The first-order valence-corrected chi connectivity index (χ1v) is 10.9. The molecule has 4 fully saturated rings. The van der Waals surface area contributed by atoms with Gasteiger partial charge in [-0.05, 0) is 88.2 Å². The second-order valence-corrected chi connectivity index (χ2v) is 10.3. The van der Waals surface area contributed by atoms with Crippen LogP contribution in [0.2, 0.25) is 0 Å². The molecule has 0 radical (unpaired) electrons. The predicted octanol–water partition coefficient (Wildman–Crippen LogP) is 4.32. The first kappa shape index (κ1) is 20.4. The summed E-state index contributed by atoms with van der Waals surface area (Å²) >= 11 is 0. The molecule has 2 atom stereocenters. The number of hydrogen-bond acceptors (Lipinski definition) is 2. The average molecular weight is 402 g/mol. The fraction of sp³-hybridized carbons (Fsp3) is 0.667. The van der Waals surface area contributed by atoms with E-state index in [1.165, 1.54) is 0 Å². The second-order valence-electron chi connectivity index (χ2n) is 10.3. The van der Waals surface area contributed by atoms with Gasteiger partial charge >= 0.3 is 5.97 Å². The number of amides is 1. The number of alkyl halides is 1. The van der Waals surface area contributed by atoms with Gasteiger partial charge < -0.3 is 10.4 Å². The Balaban J connectivity index is 1.50. The van der Waals surface area contributed by atoms with Crippen molar-refractivity contribution >= 4 is 11.9 Å². The van der Waals surface area contributed by atoms with Crippen LogP contribution in [-0.2, 0) is 21.4 Å². The number of carboxylic acid groups (broad SMARTS) is 1. The SMILES string of the molecule is Cc1cc(CCC(=O)O)cc(C(C)(C)C(=O)NC2C3CC4CC2CC(F)(C4)C3)c1. The minimum Gasteiger partial charge on any atom is -0.481 e. The Hall–Kier alpha value is -1.91. The molecule has 1 aromatic carbocycles. The van der Waals surface area contributed by atoms with Crippen LogP contribution < -0.4 is 5.32 Å². The van der Waals surface area contributed by atoms with Crippen molar-refractivity contribution in [2.45, 2.75) is 82.8 Å². The lowest BCUT2D eigenvalue weighted by atomic mass is 9.53. The highest BCUT2D eigenvalue weighted by Crippen LogP contribution is 2.57. The van der Waals surface area contributed by atoms with Crippen molar-refractivity contribution in [3.8, 4) is 0 Å². The highest BCUT2D eigenvalue weighted by molar-refractivity contribution is 5.87. The largest absolute Gasteiger partial charge is 0.481 e. The maximum atomic E-state index is 15.0. The molecule has 0 spiro atoms. The highest BCUT2D eigenvalue weighted by Gasteiger charge is 2.56. The lowest BCUT2D eigenvalue weighted by Gasteiger charge is -2.57. The number of carbonyl (C=O) groups is 2. The first-order valence-electron chi connectivity index (χ1n) is 10.9. The van der Waals surface area contributed by atoms with Crippen LogP contribution >= 0.6 is 0 Å². The van der Waals surface area contributed by atoms with Crippen molar-refractivity contribution in [2.24, 2.45) is 17.8 Å². The van der Waals surface area contributed by atoms with Gasteiger partial charge in [0.05, 0.1) is 5.41 Å². The molecule has 158 valence electrons. The molecule has 1 aromatic rings. The van der Waals surface area contributed by atoms with Gasteiger partial charge in [-0.2, -0.15) is 0 Å². The Morgan fingerprint density at radius 1 is 1.17 bits per heavy atom. The molecule has 0 aliphatic heterocycles. The Bertz CT molecular complexity index is 817. The minimum absolute atomic E-state index is 0.0160. The van der Waals surface area contributed by atoms with Crippen molar-refractivity contribution in [1.82, 2.24) is 5.32 Å². The van der Waals surface area contributed by atoms with E-state index in [1.54, 1.807) is 0 Å². The summed E-state index contributed by atoms with van der Waals surface area (Å²) in [6.07, 6.45) is 4.51. The van der Waals surface area contributed by atoms with Crippen LogP contribution in [0.4, 0.5) is 4.39 Å². The van der Waals surface area contributed by atoms with Gasteiger partial charge in [0.2, 0.25) is 5.91 Å². The molecule has 29 heavy (non-hydrogen) atoms. The summed E-state index contributed by atoms with van der Waals surface area (Å²) in [6.45, 7) is 5.82. The molecule has 5 heteroatoms. The maximum Gasteiger partial charge on any atom is 0.303 e. The summed E-state index contributed by atoms with van der Waals surface area (Å²) in [7, 11) is 0. The van der Waals surface area contributed by atoms with Crippen LogP contribution in [-0.4, -0.2) is 28.7 Å². The van der Waals surface area contributed by atoms with Crippen molar-refractivity contribution in [3.63, 3.8) is 0 Å². The summed E-state index contributed by atoms with van der Waals surface area (Å²) in [4.78, 5) is 24.2. The van der Waals surface area contributed by atoms with Crippen LogP contribution in [0.25, 0.3) is 0 Å². The number of hydrogen-bond donors (Lipinski definition) is 2. The van der Waals surface area contributed by atoms with Gasteiger partial charge in [0.1, 0.15) is 5.67 Å². The van der Waals surface area contributed by atoms with Crippen molar-refractivity contribution in [3.05, 3.63) is 34.9 Å². The van der Waals surface area contributed by atoms with Gasteiger partial charge in [-0.25, -0.2) is 4.39 Å². The quantitative estimate of drug-likeness (QED) is 0.746. The molecular formula is C24H32FNO3. The van der Waals surface area contributed by atoms with Crippen LogP contribution in [0, 0.1) is 24.7 Å². The van der Waals surface area contributed by atoms with E-state index < -0.39 is 17.1 Å². The molecule has 2 N–H and O–H groups in total. The Labute approximate surface area is 172 Å². The van der Waals surface area contributed by atoms with Crippen molar-refractivity contribution in [2.75, 3.05) is 0 Å². The number of nitrogens with one attached hydrogen (secondary N) is 1. The van der Waals surface area contributed by atoms with Gasteiger partial charge in [0.15, 0.2) is 0 Å². The van der Waals surface area contributed by atoms with E-state index in [0.29, 0.717) is 31.6 Å². The maximum absolute atomic E-state index is 15.0. The zero-order valence-electron chi connectivity index (χ0n) is 17.6. The van der Waals surface area contributed by atoms with Crippen LogP contribution in [0.3, 0.4) is 0 Å². The van der Waals surface area contributed by atoms with E-state index in [4.69, 9.17) is 5.11 Å². The molecule has 2 unspecified atom stereocenters. The zero-order chi connectivity index (χ0) is 21.0. The number of aliphatic carboxylic acids is 1. The van der Waals surface area contributed by atoms with Crippen LogP contribution in [0.15, 0.2) is 18.2 Å². The molecule has 4 bridgehead atoms. The summed E-state index contributed by atoms with van der Waals surface area (Å²) in [5.74, 6) is 0.173. The Morgan fingerprint density at radius 2 is 1.83 bits per heavy atom. The summed E-state index contributed by atoms with van der Waals surface area (Å²) in [6, 6.07) is 6.04. The van der Waals surface area contributed by atoms with Crippen LogP contribution in [0.1, 0.15) is 69.1 Å². The van der Waals surface area contributed by atoms with E-state index in [2.05, 4.69) is 5.32 Å². The molecule has 0 heterocycles. The first-order chi connectivity index (χ1) is 13.6. The van der Waals surface area contributed by atoms with E-state index >= 15 is 0 Å². The second kappa shape index (κ2) is 7.10. The fourth-order valence-corrected chi connectivity index (χ4v) is 6.24. The average Bonchev–Trinajstić information content (AvgIpc) is 2.61. The van der Waals surface area contributed by atoms with Crippen LogP contribution in [0.5, 0.6) is 0 Å². The van der Waals surface area contributed by atoms with Gasteiger partial charge in [-0.3, -0.25) is 9.59 Å². The standard InChI is InChI=1S/C24H32FNO3/c1-14-6-15(4-5-20(27)28)10-19(7-14)23(2,3)22(29)26-21-17-8-16-9-18(21)13-24(25,11-16)12-17/h6-7,10,16-18,21H,4-5,8-9,11-13H2,1-3H3,(H,26,29)(H,27,28). The molecule has 4 aliphatic rings. The molecule has 4 aliphatic carbocycles. The third kappa shape index (κ3) is 3.93. The van der Waals surface area contributed by atoms with Crippen molar-refractivity contribution < 1.29 is 19.1 Å². The van der Waals surface area contributed by atoms with E-state index in [9.17, 15) is 14.0 Å². The zero-order valence-corrected chi connectivity index (χ0v) is 17.6. The van der Waals surface area contributed by atoms with Gasteiger partial charge in [0.25, 0.3) is 0 Å². The molecule has 5 rings (SSSR count). The van der Waals surface area contributed by atoms with Crippen molar-refractivity contribution in [1.29, 1.82) is 0 Å². The van der Waals surface area contributed by atoms with Gasteiger partial charge in [0, 0.05) is 12.5 Å². The summed E-state index contributed by atoms with van der Waals surface area (Å²) in [5.41, 5.74) is 1.14. The lowest BCUT2D eigenvalue weighted by Crippen LogP contribution is -2.61. The highest BCUT2D eigenvalue weighted by atomic mass is 19.1. The number of carbonyl (C=O) groups excluding carboxylic acids is 1. The molecule has 0 aromatic heterocycles. The molecular weight excluding hydrogens is 369 g/mol. The summed E-state index contributed by atoms with van der Waals surface area (Å²) in [5, 5.41) is 12.3. The number of carboxylic acids is 1. The van der Waals surface area contributed by atoms with E-state index in [0.717, 1.165) is 29.5 Å². The molecule has 4 nitrogen and oxygen atoms in total. The minimum atomic E-state index is -0.997. The molecule has 0 saturated heterocycles. The number of aryl methyl sites for hydroxylation is 2. The topological polar surface area (TPSA) is 66.4 Å². The van der Waals surface area contributed by atoms with E-state index in [1.807, 2.05) is 39.0 Å². The predicted molar refractivity (Wildman–Crippen MR) is 109 cm³/mol. The number of halogens is 1. The third-order valence-electron chi connectivity index (χ3n) is 7.55.